The number of hydrogen-bond donors (Lipinski definition) is 1. The van der Waals surface area contributed by atoms with Crippen LogP contribution in [0.2, 0.25) is 0 Å². The Morgan fingerprint density at radius 2 is 2.02 bits per heavy atom. The number of imidazole rings is 1. The summed E-state index contributed by atoms with van der Waals surface area (Å²) in [5.74, 6) is -1.08. The van der Waals surface area contributed by atoms with Crippen LogP contribution in [-0.2, 0) is 9.53 Å². The lowest BCUT2D eigenvalue weighted by atomic mass is 10.0. The molecule has 1 aromatic carbocycles. The Hall–Kier alpha value is -4.52. The number of pyridine rings is 1. The largest absolute Gasteiger partial charge is 0.470 e. The second-order valence-corrected chi connectivity index (χ2v) is 9.74. The maximum Gasteiger partial charge on any atom is 0.266 e. The number of anilines is 1. The van der Waals surface area contributed by atoms with E-state index in [4.69, 9.17) is 9.47 Å². The van der Waals surface area contributed by atoms with Gasteiger partial charge < -0.3 is 14.8 Å². The summed E-state index contributed by atoms with van der Waals surface area (Å²) >= 11 is 0. The number of alkyl halides is 2. The van der Waals surface area contributed by atoms with Gasteiger partial charge in [-0.3, -0.25) is 14.5 Å². The second kappa shape index (κ2) is 10.8. The van der Waals surface area contributed by atoms with E-state index in [-0.39, 0.29) is 40.4 Å². The number of aromatic nitrogens is 4. The Morgan fingerprint density at radius 3 is 2.68 bits per heavy atom. The fourth-order valence-corrected chi connectivity index (χ4v) is 5.00. The molecule has 2 fully saturated rings. The molecular formula is C28H25F3N6O4. The van der Waals surface area contributed by atoms with Crippen molar-refractivity contribution >= 4 is 23.3 Å². The van der Waals surface area contributed by atoms with Gasteiger partial charge in [-0.05, 0) is 36.8 Å². The number of hydrogen-bond acceptors (Lipinski definition) is 7. The van der Waals surface area contributed by atoms with Crippen LogP contribution >= 0.6 is 0 Å². The molecule has 4 aromatic rings. The Balaban J connectivity index is 1.47. The van der Waals surface area contributed by atoms with Gasteiger partial charge in [-0.2, -0.15) is 0 Å². The van der Waals surface area contributed by atoms with E-state index in [1.54, 1.807) is 29.3 Å². The maximum absolute atomic E-state index is 15.4. The number of amides is 2. The first-order chi connectivity index (χ1) is 19.8. The van der Waals surface area contributed by atoms with Crippen molar-refractivity contribution in [1.29, 1.82) is 0 Å². The Kier molecular flexibility index (Phi) is 7.03. The number of rotatable bonds is 7. The summed E-state index contributed by atoms with van der Waals surface area (Å²) in [4.78, 5) is 34.9. The molecule has 0 spiro atoms. The average molecular weight is 567 g/mol. The summed E-state index contributed by atoms with van der Waals surface area (Å²) in [6.45, 7) is 1.48. The molecule has 2 aliphatic rings. The monoisotopic (exact) mass is 566 g/mol. The number of nitrogens with one attached hydrogen (secondary N) is 1. The van der Waals surface area contributed by atoms with Crippen LogP contribution in [0.4, 0.5) is 19.0 Å². The minimum absolute atomic E-state index is 0.0197. The highest BCUT2D eigenvalue weighted by atomic mass is 19.3. The van der Waals surface area contributed by atoms with Crippen molar-refractivity contribution in [3.8, 4) is 28.3 Å². The summed E-state index contributed by atoms with van der Waals surface area (Å²) in [6.07, 6.45) is 1.36. The molecular weight excluding hydrogens is 541 g/mol. The molecule has 2 saturated heterocycles. The third kappa shape index (κ3) is 4.97. The van der Waals surface area contributed by atoms with Crippen molar-refractivity contribution in [3.05, 3.63) is 59.7 Å². The summed E-state index contributed by atoms with van der Waals surface area (Å²) in [5.41, 5.74) is 0.230. The van der Waals surface area contributed by atoms with Crippen LogP contribution in [0, 0.1) is 5.82 Å². The van der Waals surface area contributed by atoms with Crippen molar-refractivity contribution in [1.82, 2.24) is 24.9 Å². The van der Waals surface area contributed by atoms with Crippen LogP contribution in [0.15, 0.2) is 42.7 Å². The van der Waals surface area contributed by atoms with Crippen LogP contribution in [0.3, 0.4) is 0 Å². The molecule has 2 amide bonds. The molecule has 0 aliphatic carbocycles. The van der Waals surface area contributed by atoms with E-state index in [2.05, 4.69) is 20.4 Å². The minimum Gasteiger partial charge on any atom is -0.470 e. The molecule has 0 unspecified atom stereocenters. The molecule has 2 aliphatic heterocycles. The van der Waals surface area contributed by atoms with Gasteiger partial charge in [0, 0.05) is 49.3 Å². The third-order valence-corrected chi connectivity index (χ3v) is 7.14. The van der Waals surface area contributed by atoms with E-state index in [1.165, 1.54) is 23.8 Å². The number of ether oxygens (including phenoxy) is 2. The van der Waals surface area contributed by atoms with Gasteiger partial charge in [0.25, 0.3) is 12.3 Å². The maximum atomic E-state index is 15.4. The second-order valence-electron chi connectivity index (χ2n) is 9.74. The average Bonchev–Trinajstić information content (AvgIpc) is 3.74. The van der Waals surface area contributed by atoms with Crippen LogP contribution in [0.5, 0.6) is 5.88 Å². The third-order valence-electron chi connectivity index (χ3n) is 7.14. The van der Waals surface area contributed by atoms with Crippen molar-refractivity contribution in [2.45, 2.75) is 31.8 Å². The van der Waals surface area contributed by atoms with Gasteiger partial charge in [-0.1, -0.05) is 0 Å². The number of halogens is 3. The zero-order chi connectivity index (χ0) is 28.7. The Labute approximate surface area is 232 Å². The first-order valence-corrected chi connectivity index (χ1v) is 13.1. The van der Waals surface area contributed by atoms with E-state index in [0.29, 0.717) is 49.5 Å². The lowest BCUT2D eigenvalue weighted by Gasteiger charge is -2.17. The van der Waals surface area contributed by atoms with E-state index < -0.39 is 23.7 Å². The number of benzene rings is 1. The molecule has 1 atom stereocenters. The van der Waals surface area contributed by atoms with Gasteiger partial charge in [0.15, 0.2) is 5.65 Å². The summed E-state index contributed by atoms with van der Waals surface area (Å²) in [6, 6.07) is 7.23. The van der Waals surface area contributed by atoms with E-state index in [1.807, 2.05) is 0 Å². The molecule has 1 N–H and O–H groups in total. The standard InChI is InChI=1S/C28H25F3N6O4/c1-32-27(39)16-9-19(25(29)20(10-16)26(30)31)21-13-34-23-11-18(28(35-37(21)23)41-17-6-8-40-14-17)15-4-5-22(33-12-15)36-7-2-3-24(36)38/h4-5,9-13,17,26H,2-3,6-8,14H2,1H3,(H,32,39)/t17-/m0/s1. The SMILES string of the molecule is CNC(=O)c1cc(-c2cnc3cc(-c4ccc(N5CCCC5=O)nc4)c(O[C@H]4CCOC4)nn23)c(F)c(C(F)F)c1. The van der Waals surface area contributed by atoms with Gasteiger partial charge in [-0.15, -0.1) is 5.10 Å². The predicted molar refractivity (Wildman–Crippen MR) is 141 cm³/mol. The number of nitrogens with zero attached hydrogens (tertiary/aromatic N) is 5. The van der Waals surface area contributed by atoms with Crippen molar-refractivity contribution < 1.29 is 32.2 Å². The van der Waals surface area contributed by atoms with Crippen LogP contribution in [0.1, 0.15) is 41.6 Å². The molecule has 0 bridgehead atoms. The fraction of sp³-hybridized carbons (Fsp3) is 0.321. The molecule has 6 rings (SSSR count). The van der Waals surface area contributed by atoms with Gasteiger partial charge in [0.1, 0.15) is 17.7 Å². The molecule has 0 saturated carbocycles. The fourth-order valence-electron chi connectivity index (χ4n) is 5.00. The van der Waals surface area contributed by atoms with Crippen molar-refractivity contribution in [3.63, 3.8) is 0 Å². The van der Waals surface area contributed by atoms with Gasteiger partial charge in [0.05, 0.1) is 36.2 Å². The van der Waals surface area contributed by atoms with Crippen LogP contribution in [0.25, 0.3) is 28.0 Å². The number of carbonyl (C=O) groups is 2. The van der Waals surface area contributed by atoms with E-state index in [0.717, 1.165) is 12.5 Å². The Bertz CT molecular complexity index is 1640. The summed E-state index contributed by atoms with van der Waals surface area (Å²) < 4.78 is 55.7. The zero-order valence-electron chi connectivity index (χ0n) is 21.9. The molecule has 212 valence electrons. The number of carbonyl (C=O) groups excluding carboxylic acids is 2. The quantitative estimate of drug-likeness (QED) is 0.357. The lowest BCUT2D eigenvalue weighted by Crippen LogP contribution is -2.24. The zero-order valence-corrected chi connectivity index (χ0v) is 21.9. The highest BCUT2D eigenvalue weighted by molar-refractivity contribution is 5.96. The van der Waals surface area contributed by atoms with Crippen molar-refractivity contribution in [2.24, 2.45) is 0 Å². The molecule has 5 heterocycles. The molecule has 13 heteroatoms. The summed E-state index contributed by atoms with van der Waals surface area (Å²) in [5, 5.41) is 6.97. The Morgan fingerprint density at radius 1 is 1.17 bits per heavy atom. The highest BCUT2D eigenvalue weighted by Gasteiger charge is 2.27. The van der Waals surface area contributed by atoms with Gasteiger partial charge in [0.2, 0.25) is 11.8 Å². The molecule has 0 radical (unpaired) electrons. The lowest BCUT2D eigenvalue weighted by molar-refractivity contribution is -0.117. The number of fused-ring (bicyclic) bond motifs is 1. The smallest absolute Gasteiger partial charge is 0.266 e. The van der Waals surface area contributed by atoms with Gasteiger partial charge >= 0.3 is 0 Å². The highest BCUT2D eigenvalue weighted by Crippen LogP contribution is 2.36. The van der Waals surface area contributed by atoms with Crippen LogP contribution in [-0.4, -0.2) is 64.3 Å². The predicted octanol–water partition coefficient (Wildman–Crippen LogP) is 4.19. The summed E-state index contributed by atoms with van der Waals surface area (Å²) in [7, 11) is 1.35. The topological polar surface area (TPSA) is 111 Å². The molecule has 3 aromatic heterocycles. The molecule has 41 heavy (non-hydrogen) atoms. The first-order valence-electron chi connectivity index (χ1n) is 13.1. The van der Waals surface area contributed by atoms with Gasteiger partial charge in [-0.25, -0.2) is 27.7 Å². The minimum atomic E-state index is -3.15. The van der Waals surface area contributed by atoms with Crippen LogP contribution < -0.4 is 15.0 Å². The molecule has 10 nitrogen and oxygen atoms in total. The van der Waals surface area contributed by atoms with E-state index in [9.17, 15) is 18.4 Å². The van der Waals surface area contributed by atoms with Crippen molar-refractivity contribution in [2.75, 3.05) is 31.7 Å². The van der Waals surface area contributed by atoms with E-state index >= 15 is 4.39 Å². The normalized spacial score (nSPS) is 17.1. The first kappa shape index (κ1) is 26.7.